The molecule has 2 heterocycles. The first-order chi connectivity index (χ1) is 8.20. The van der Waals surface area contributed by atoms with E-state index >= 15 is 0 Å². The van der Waals surface area contributed by atoms with Crippen molar-refractivity contribution in [3.8, 4) is 5.88 Å². The van der Waals surface area contributed by atoms with Gasteiger partial charge in [0.2, 0.25) is 11.2 Å². The highest BCUT2D eigenvalue weighted by molar-refractivity contribution is 7.16. The van der Waals surface area contributed by atoms with E-state index in [-0.39, 0.29) is 11.4 Å². The normalized spacial score (nSPS) is 12.9. The van der Waals surface area contributed by atoms with Gasteiger partial charge in [0.1, 0.15) is 10.9 Å². The summed E-state index contributed by atoms with van der Waals surface area (Å²) in [5.74, 6) is 0.522. The summed E-state index contributed by atoms with van der Waals surface area (Å²) in [6.07, 6.45) is -0.0657. The molecule has 0 aromatic carbocycles. The summed E-state index contributed by atoms with van der Waals surface area (Å²) in [6, 6.07) is 1.93. The summed E-state index contributed by atoms with van der Waals surface area (Å²) in [7, 11) is 0. The van der Waals surface area contributed by atoms with Crippen LogP contribution in [-0.4, -0.2) is 29.3 Å². The molecule has 0 N–H and O–H groups in total. The first-order valence-corrected chi connectivity index (χ1v) is 6.61. The van der Waals surface area contributed by atoms with Crippen molar-refractivity contribution in [3.63, 3.8) is 0 Å². The van der Waals surface area contributed by atoms with Crippen molar-refractivity contribution in [3.05, 3.63) is 16.7 Å². The van der Waals surface area contributed by atoms with Gasteiger partial charge in [0.05, 0.1) is 12.0 Å². The number of halogens is 1. The Bertz CT molecular complexity index is 503. The van der Waals surface area contributed by atoms with Crippen molar-refractivity contribution >= 4 is 33.2 Å². The molecular formula is C11H13ClN2O2S. The molecule has 0 amide bonds. The largest absolute Gasteiger partial charge is 0.472 e. The van der Waals surface area contributed by atoms with Crippen LogP contribution in [0.5, 0.6) is 5.88 Å². The second kappa shape index (κ2) is 5.62. The highest BCUT2D eigenvalue weighted by Crippen LogP contribution is 2.28. The van der Waals surface area contributed by atoms with Gasteiger partial charge >= 0.3 is 0 Å². The first kappa shape index (κ1) is 12.5. The lowest BCUT2D eigenvalue weighted by Gasteiger charge is -2.14. The molecule has 0 aliphatic carbocycles. The molecule has 0 fully saturated rings. The van der Waals surface area contributed by atoms with Crippen molar-refractivity contribution in [1.82, 2.24) is 9.97 Å². The number of aromatic nitrogens is 2. The first-order valence-electron chi connectivity index (χ1n) is 5.36. The van der Waals surface area contributed by atoms with Gasteiger partial charge in [-0.2, -0.15) is 4.98 Å². The molecule has 17 heavy (non-hydrogen) atoms. The minimum Gasteiger partial charge on any atom is -0.472 e. The predicted molar refractivity (Wildman–Crippen MR) is 69.0 cm³/mol. The fraction of sp³-hybridized carbons (Fsp3) is 0.455. The Hall–Kier alpha value is -0.910. The summed E-state index contributed by atoms with van der Waals surface area (Å²) in [4.78, 5) is 9.07. The molecule has 0 saturated carbocycles. The van der Waals surface area contributed by atoms with Crippen molar-refractivity contribution in [2.24, 2.45) is 0 Å². The van der Waals surface area contributed by atoms with Crippen LogP contribution < -0.4 is 4.74 Å². The molecule has 0 saturated heterocycles. The zero-order valence-corrected chi connectivity index (χ0v) is 11.2. The molecule has 0 radical (unpaired) electrons. The molecule has 0 aliphatic rings. The second-order valence-electron chi connectivity index (χ2n) is 3.53. The standard InChI is InChI=1S/C11H13ClN2O2S/c1-3-15-6-7(2)16-9-8-4-5-17-10(8)14-11(12)13-9/h4-5,7H,3,6H2,1-2H3. The highest BCUT2D eigenvalue weighted by atomic mass is 35.5. The van der Waals surface area contributed by atoms with Crippen LogP contribution in [-0.2, 0) is 4.74 Å². The third kappa shape index (κ3) is 3.06. The van der Waals surface area contributed by atoms with Gasteiger partial charge in [0, 0.05) is 6.61 Å². The van der Waals surface area contributed by atoms with Gasteiger partial charge in [-0.3, -0.25) is 0 Å². The lowest BCUT2D eigenvalue weighted by molar-refractivity contribution is 0.0642. The summed E-state index contributed by atoms with van der Waals surface area (Å²) in [5, 5.41) is 3.04. The van der Waals surface area contributed by atoms with Gasteiger partial charge in [-0.15, -0.1) is 11.3 Å². The fourth-order valence-electron chi connectivity index (χ4n) is 1.40. The number of ether oxygens (including phenoxy) is 2. The van der Waals surface area contributed by atoms with E-state index in [1.807, 2.05) is 25.3 Å². The van der Waals surface area contributed by atoms with E-state index in [2.05, 4.69) is 9.97 Å². The van der Waals surface area contributed by atoms with Crippen LogP contribution in [0.1, 0.15) is 13.8 Å². The Balaban J connectivity index is 2.19. The van der Waals surface area contributed by atoms with E-state index in [0.29, 0.717) is 19.1 Å². The van der Waals surface area contributed by atoms with E-state index in [1.165, 1.54) is 11.3 Å². The Morgan fingerprint density at radius 2 is 2.29 bits per heavy atom. The number of hydrogen-bond acceptors (Lipinski definition) is 5. The summed E-state index contributed by atoms with van der Waals surface area (Å²) in [6.45, 7) is 5.09. The lowest BCUT2D eigenvalue weighted by Crippen LogP contribution is -2.19. The van der Waals surface area contributed by atoms with Crippen molar-refractivity contribution in [1.29, 1.82) is 0 Å². The van der Waals surface area contributed by atoms with E-state index < -0.39 is 0 Å². The molecule has 0 aliphatic heterocycles. The van der Waals surface area contributed by atoms with E-state index in [1.54, 1.807) is 0 Å². The van der Waals surface area contributed by atoms with Gasteiger partial charge in [-0.05, 0) is 36.9 Å². The van der Waals surface area contributed by atoms with Crippen molar-refractivity contribution < 1.29 is 9.47 Å². The molecular weight excluding hydrogens is 260 g/mol. The Labute approximate surface area is 109 Å². The van der Waals surface area contributed by atoms with Gasteiger partial charge in [-0.1, -0.05) is 0 Å². The maximum Gasteiger partial charge on any atom is 0.227 e. The topological polar surface area (TPSA) is 44.2 Å². The summed E-state index contributed by atoms with van der Waals surface area (Å²) in [5.41, 5.74) is 0. The minimum absolute atomic E-state index is 0.0657. The quantitative estimate of drug-likeness (QED) is 0.785. The molecule has 0 bridgehead atoms. The number of hydrogen-bond donors (Lipinski definition) is 0. The molecule has 1 atom stereocenters. The molecule has 4 nitrogen and oxygen atoms in total. The Kier molecular flexibility index (Phi) is 4.15. The minimum atomic E-state index is -0.0657. The number of rotatable bonds is 5. The molecule has 2 aromatic rings. The van der Waals surface area contributed by atoms with Crippen LogP contribution in [0.25, 0.3) is 10.2 Å². The summed E-state index contributed by atoms with van der Waals surface area (Å²) < 4.78 is 11.0. The average Bonchev–Trinajstić information content (AvgIpc) is 2.74. The van der Waals surface area contributed by atoms with Gasteiger partial charge in [0.15, 0.2) is 0 Å². The zero-order valence-electron chi connectivity index (χ0n) is 9.64. The lowest BCUT2D eigenvalue weighted by atomic mass is 10.4. The monoisotopic (exact) mass is 272 g/mol. The van der Waals surface area contributed by atoms with Crippen LogP contribution >= 0.6 is 22.9 Å². The SMILES string of the molecule is CCOCC(C)Oc1nc(Cl)nc2sccc12. The smallest absolute Gasteiger partial charge is 0.227 e. The van der Waals surface area contributed by atoms with E-state index in [4.69, 9.17) is 21.1 Å². The fourth-order valence-corrected chi connectivity index (χ4v) is 2.37. The average molecular weight is 273 g/mol. The van der Waals surface area contributed by atoms with Gasteiger partial charge in [0.25, 0.3) is 0 Å². The summed E-state index contributed by atoms with van der Waals surface area (Å²) >= 11 is 7.36. The molecule has 2 rings (SSSR count). The zero-order chi connectivity index (χ0) is 12.3. The number of nitrogens with zero attached hydrogens (tertiary/aromatic N) is 2. The molecule has 1 unspecified atom stereocenters. The third-order valence-corrected chi connectivity index (χ3v) is 3.11. The van der Waals surface area contributed by atoms with Crippen LogP contribution in [0.2, 0.25) is 5.28 Å². The molecule has 92 valence electrons. The number of thiophene rings is 1. The highest BCUT2D eigenvalue weighted by Gasteiger charge is 2.12. The second-order valence-corrected chi connectivity index (χ2v) is 4.76. The maximum absolute atomic E-state index is 5.84. The Morgan fingerprint density at radius 1 is 1.47 bits per heavy atom. The molecule has 0 spiro atoms. The van der Waals surface area contributed by atoms with Crippen LogP contribution in [0, 0.1) is 0 Å². The third-order valence-electron chi connectivity index (χ3n) is 2.13. The Morgan fingerprint density at radius 3 is 3.06 bits per heavy atom. The van der Waals surface area contributed by atoms with E-state index in [0.717, 1.165) is 10.2 Å². The van der Waals surface area contributed by atoms with Crippen LogP contribution in [0.15, 0.2) is 11.4 Å². The maximum atomic E-state index is 5.84. The van der Waals surface area contributed by atoms with Crippen LogP contribution in [0.3, 0.4) is 0 Å². The molecule has 6 heteroatoms. The van der Waals surface area contributed by atoms with Crippen LogP contribution in [0.4, 0.5) is 0 Å². The van der Waals surface area contributed by atoms with Gasteiger partial charge in [-0.25, -0.2) is 4.98 Å². The molecule has 2 aromatic heterocycles. The van der Waals surface area contributed by atoms with Gasteiger partial charge < -0.3 is 9.47 Å². The number of fused-ring (bicyclic) bond motifs is 1. The van der Waals surface area contributed by atoms with E-state index in [9.17, 15) is 0 Å². The van der Waals surface area contributed by atoms with Crippen molar-refractivity contribution in [2.45, 2.75) is 20.0 Å². The van der Waals surface area contributed by atoms with Crippen molar-refractivity contribution in [2.75, 3.05) is 13.2 Å². The predicted octanol–water partition coefficient (Wildman–Crippen LogP) is 3.15.